The lowest BCUT2D eigenvalue weighted by Gasteiger charge is -2.31. The van der Waals surface area contributed by atoms with Crippen molar-refractivity contribution >= 4 is 12.3 Å². The molecule has 1 aromatic rings. The maximum atomic E-state index is 11.5. The summed E-state index contributed by atoms with van der Waals surface area (Å²) in [4.78, 5) is 22.5. The quantitative estimate of drug-likeness (QED) is 0.435. The van der Waals surface area contributed by atoms with Gasteiger partial charge in [0.15, 0.2) is 6.29 Å². The molecule has 2 unspecified atom stereocenters. The molecule has 6 nitrogen and oxygen atoms in total. The van der Waals surface area contributed by atoms with Gasteiger partial charge >= 0.3 is 5.97 Å². The number of carbonyl (C=O) groups excluding carboxylic acids is 2. The minimum Gasteiger partial charge on any atom is -0.464 e. The van der Waals surface area contributed by atoms with E-state index in [9.17, 15) is 19.8 Å². The molecule has 0 fully saturated rings. The van der Waals surface area contributed by atoms with E-state index < -0.39 is 17.9 Å². The van der Waals surface area contributed by atoms with E-state index in [-0.39, 0.29) is 17.7 Å². The van der Waals surface area contributed by atoms with Gasteiger partial charge in [0.25, 0.3) is 0 Å². The van der Waals surface area contributed by atoms with Gasteiger partial charge in [0, 0.05) is 18.2 Å². The number of methoxy groups -OCH3 is 1. The first-order valence-electron chi connectivity index (χ1n) is 5.68. The number of hydrogen-bond donors (Lipinski definition) is 2. The topological polar surface area (TPSA) is 93.1 Å². The number of ether oxygens (including phenoxy) is 2. The van der Waals surface area contributed by atoms with Gasteiger partial charge in [-0.2, -0.15) is 0 Å². The van der Waals surface area contributed by atoms with Crippen molar-refractivity contribution in [3.8, 4) is 0 Å². The molecule has 0 radical (unpaired) electrons. The van der Waals surface area contributed by atoms with Gasteiger partial charge in [0.2, 0.25) is 11.9 Å². The van der Waals surface area contributed by atoms with Crippen LogP contribution in [0.4, 0.5) is 0 Å². The lowest BCUT2D eigenvalue weighted by atomic mass is 9.95. The number of carbonyl (C=O) groups is 2. The van der Waals surface area contributed by atoms with E-state index in [4.69, 9.17) is 4.74 Å². The van der Waals surface area contributed by atoms with Crippen LogP contribution in [0.2, 0.25) is 0 Å². The molecule has 0 bridgehead atoms. The van der Waals surface area contributed by atoms with Crippen LogP contribution in [0.1, 0.15) is 22.8 Å². The molecule has 0 aromatic heterocycles. The average Bonchev–Trinajstić information content (AvgIpc) is 2.45. The van der Waals surface area contributed by atoms with Crippen molar-refractivity contribution in [2.45, 2.75) is 18.8 Å². The second-order valence-electron chi connectivity index (χ2n) is 3.76. The van der Waals surface area contributed by atoms with Gasteiger partial charge < -0.3 is 19.7 Å². The molecule has 0 saturated heterocycles. The third-order valence-corrected chi connectivity index (χ3v) is 2.67. The highest BCUT2D eigenvalue weighted by atomic mass is 16.6. The first-order chi connectivity index (χ1) is 9.01. The Morgan fingerprint density at radius 3 is 2.63 bits per heavy atom. The molecule has 0 aliphatic heterocycles. The number of esters is 1. The number of aliphatic hydroxyl groups excluding tert-OH is 1. The fourth-order valence-electron chi connectivity index (χ4n) is 1.68. The van der Waals surface area contributed by atoms with Crippen molar-refractivity contribution in [1.82, 2.24) is 0 Å². The molecule has 2 atom stereocenters. The summed E-state index contributed by atoms with van der Waals surface area (Å²) in [5.74, 6) is -3.38. The Balaban J connectivity index is 3.22. The van der Waals surface area contributed by atoms with Crippen molar-refractivity contribution in [2.75, 3.05) is 13.7 Å². The van der Waals surface area contributed by atoms with Gasteiger partial charge in [-0.3, -0.25) is 4.79 Å². The molecule has 19 heavy (non-hydrogen) atoms. The second kappa shape index (κ2) is 6.42. The summed E-state index contributed by atoms with van der Waals surface area (Å²) >= 11 is 0. The van der Waals surface area contributed by atoms with Gasteiger partial charge in [-0.15, -0.1) is 0 Å². The normalized spacial score (nSPS) is 15.4. The fraction of sp³-hybridized carbons (Fsp3) is 0.385. The Hall–Kier alpha value is -1.76. The molecule has 0 aliphatic carbocycles. The van der Waals surface area contributed by atoms with Crippen LogP contribution in [-0.4, -0.2) is 42.3 Å². The van der Waals surface area contributed by atoms with Gasteiger partial charge in [-0.1, -0.05) is 24.3 Å². The Morgan fingerprint density at radius 1 is 1.47 bits per heavy atom. The molecule has 6 heteroatoms. The molecule has 2 N–H and O–H groups in total. The summed E-state index contributed by atoms with van der Waals surface area (Å²) in [7, 11) is 1.12. The zero-order valence-electron chi connectivity index (χ0n) is 10.7. The molecule has 1 aromatic carbocycles. The van der Waals surface area contributed by atoms with Crippen LogP contribution in [0, 0.1) is 0 Å². The summed E-state index contributed by atoms with van der Waals surface area (Å²) in [6, 6.07) is 5.95. The Labute approximate surface area is 110 Å². The summed E-state index contributed by atoms with van der Waals surface area (Å²) < 4.78 is 9.47. The van der Waals surface area contributed by atoms with E-state index in [1.54, 1.807) is 19.1 Å². The van der Waals surface area contributed by atoms with Crippen LogP contribution in [-0.2, 0) is 20.1 Å². The van der Waals surface area contributed by atoms with Gasteiger partial charge in [0.05, 0.1) is 6.61 Å². The van der Waals surface area contributed by atoms with E-state index >= 15 is 0 Å². The average molecular weight is 268 g/mol. The Bertz CT molecular complexity index is 458. The number of rotatable bonds is 6. The van der Waals surface area contributed by atoms with Crippen LogP contribution in [0.5, 0.6) is 0 Å². The van der Waals surface area contributed by atoms with Crippen molar-refractivity contribution in [3.63, 3.8) is 0 Å². The van der Waals surface area contributed by atoms with Crippen molar-refractivity contribution in [2.24, 2.45) is 0 Å². The van der Waals surface area contributed by atoms with Gasteiger partial charge in [-0.25, -0.2) is 4.79 Å². The highest BCUT2D eigenvalue weighted by molar-refractivity contribution is 5.80. The second-order valence-corrected chi connectivity index (χ2v) is 3.76. The van der Waals surface area contributed by atoms with Crippen LogP contribution < -0.4 is 0 Å². The SMILES string of the molecule is CCOC(=O)C(O)C(O)(OC)c1ccccc1C=O. The van der Waals surface area contributed by atoms with E-state index in [0.29, 0.717) is 6.29 Å². The van der Waals surface area contributed by atoms with Crippen LogP contribution in [0.3, 0.4) is 0 Å². The third-order valence-electron chi connectivity index (χ3n) is 2.67. The fourth-order valence-corrected chi connectivity index (χ4v) is 1.68. The highest BCUT2D eigenvalue weighted by Gasteiger charge is 2.44. The number of aliphatic hydroxyl groups is 2. The monoisotopic (exact) mass is 268 g/mol. The van der Waals surface area contributed by atoms with E-state index in [2.05, 4.69) is 4.74 Å². The van der Waals surface area contributed by atoms with Crippen molar-refractivity contribution < 1.29 is 29.3 Å². The maximum absolute atomic E-state index is 11.5. The molecule has 0 saturated carbocycles. The van der Waals surface area contributed by atoms with Gasteiger partial charge in [-0.05, 0) is 6.92 Å². The number of benzene rings is 1. The first-order valence-corrected chi connectivity index (χ1v) is 5.68. The van der Waals surface area contributed by atoms with Crippen LogP contribution >= 0.6 is 0 Å². The zero-order valence-corrected chi connectivity index (χ0v) is 10.7. The predicted octanol–water partition coefficient (Wildman–Crippen LogP) is 0.215. The van der Waals surface area contributed by atoms with Crippen LogP contribution in [0.25, 0.3) is 0 Å². The summed E-state index contributed by atoms with van der Waals surface area (Å²) in [5.41, 5.74) is 0.100. The van der Waals surface area contributed by atoms with Gasteiger partial charge in [0.1, 0.15) is 0 Å². The summed E-state index contributed by atoms with van der Waals surface area (Å²) in [6.07, 6.45) is -1.46. The predicted molar refractivity (Wildman–Crippen MR) is 65.4 cm³/mol. The molecular formula is C13H16O6. The van der Waals surface area contributed by atoms with E-state index in [0.717, 1.165) is 7.11 Å². The Morgan fingerprint density at radius 2 is 2.11 bits per heavy atom. The van der Waals surface area contributed by atoms with E-state index in [1.165, 1.54) is 12.1 Å². The minimum atomic E-state index is -2.34. The zero-order chi connectivity index (χ0) is 14.5. The largest absolute Gasteiger partial charge is 0.464 e. The molecule has 0 amide bonds. The molecule has 0 aliphatic rings. The number of aldehydes is 1. The van der Waals surface area contributed by atoms with E-state index in [1.807, 2.05) is 0 Å². The molecule has 0 spiro atoms. The molecule has 0 heterocycles. The van der Waals surface area contributed by atoms with Crippen molar-refractivity contribution in [1.29, 1.82) is 0 Å². The smallest absolute Gasteiger partial charge is 0.341 e. The molecule has 104 valence electrons. The maximum Gasteiger partial charge on any atom is 0.341 e. The first kappa shape index (κ1) is 15.3. The third kappa shape index (κ3) is 2.98. The number of hydrogen-bond acceptors (Lipinski definition) is 6. The van der Waals surface area contributed by atoms with Crippen LogP contribution in [0.15, 0.2) is 24.3 Å². The standard InChI is InChI=1S/C13H16O6/c1-3-19-12(16)11(15)13(17,18-2)10-7-5-4-6-9(10)8-14/h4-8,11,15,17H,3H2,1-2H3. The molecular weight excluding hydrogens is 252 g/mol. The highest BCUT2D eigenvalue weighted by Crippen LogP contribution is 2.29. The Kier molecular flexibility index (Phi) is 5.17. The molecule has 1 rings (SSSR count). The lowest BCUT2D eigenvalue weighted by Crippen LogP contribution is -2.47. The minimum absolute atomic E-state index is 0.00643. The van der Waals surface area contributed by atoms with Crippen molar-refractivity contribution in [3.05, 3.63) is 35.4 Å². The summed E-state index contributed by atoms with van der Waals surface area (Å²) in [5, 5.41) is 20.2. The summed E-state index contributed by atoms with van der Waals surface area (Å²) in [6.45, 7) is 1.61. The lowest BCUT2D eigenvalue weighted by molar-refractivity contribution is -0.255.